The van der Waals surface area contributed by atoms with Crippen LogP contribution >= 0.6 is 0 Å². The van der Waals surface area contributed by atoms with Crippen LogP contribution < -0.4 is 20.3 Å². The zero-order valence-corrected chi connectivity index (χ0v) is 18.1. The molecular formula is C24H27N3O4. The Balaban J connectivity index is 1.27. The SMILES string of the molecule is Cc1cccc2c(=O)n(CCC(=O)NCCOc3cccc4c3OC(C)(C)C4)cnc12. The van der Waals surface area contributed by atoms with Gasteiger partial charge in [0.25, 0.3) is 5.56 Å². The third-order valence-electron chi connectivity index (χ3n) is 5.37. The maximum absolute atomic E-state index is 12.6. The highest BCUT2D eigenvalue weighted by molar-refractivity contribution is 5.80. The van der Waals surface area contributed by atoms with E-state index in [4.69, 9.17) is 9.47 Å². The Morgan fingerprint density at radius 1 is 1.26 bits per heavy atom. The molecule has 31 heavy (non-hydrogen) atoms. The van der Waals surface area contributed by atoms with Crippen LogP contribution in [0.15, 0.2) is 47.5 Å². The van der Waals surface area contributed by atoms with Gasteiger partial charge in [0.15, 0.2) is 11.5 Å². The monoisotopic (exact) mass is 421 g/mol. The fraction of sp³-hybridized carbons (Fsp3) is 0.375. The van der Waals surface area contributed by atoms with E-state index in [0.29, 0.717) is 29.8 Å². The maximum atomic E-state index is 12.6. The summed E-state index contributed by atoms with van der Waals surface area (Å²) in [6, 6.07) is 11.4. The standard InChI is InChI=1S/C24H27N3O4/c1-16-6-4-8-18-21(16)26-15-27(23(18)29)12-10-20(28)25-11-13-30-19-9-5-7-17-14-24(2,3)31-22(17)19/h4-9,15H,10-14H2,1-3H3,(H,25,28). The lowest BCUT2D eigenvalue weighted by molar-refractivity contribution is -0.121. The number of para-hydroxylation sites is 2. The summed E-state index contributed by atoms with van der Waals surface area (Å²) in [6.07, 6.45) is 2.54. The van der Waals surface area contributed by atoms with Crippen molar-refractivity contribution in [1.29, 1.82) is 0 Å². The number of hydrogen-bond acceptors (Lipinski definition) is 5. The van der Waals surface area contributed by atoms with Crippen LogP contribution in [0.1, 0.15) is 31.4 Å². The van der Waals surface area contributed by atoms with Gasteiger partial charge in [-0.25, -0.2) is 4.98 Å². The molecule has 0 aliphatic carbocycles. The summed E-state index contributed by atoms with van der Waals surface area (Å²) in [5.74, 6) is 1.34. The first kappa shape index (κ1) is 20.9. The lowest BCUT2D eigenvalue weighted by Gasteiger charge is -2.18. The van der Waals surface area contributed by atoms with Gasteiger partial charge in [-0.1, -0.05) is 24.3 Å². The second kappa shape index (κ2) is 8.41. The summed E-state index contributed by atoms with van der Waals surface area (Å²) in [5, 5.41) is 3.40. The highest BCUT2D eigenvalue weighted by Gasteiger charge is 2.32. The number of benzene rings is 2. The number of rotatable bonds is 7. The van der Waals surface area contributed by atoms with Crippen LogP contribution in [-0.4, -0.2) is 34.2 Å². The molecule has 0 radical (unpaired) electrons. The number of nitrogens with one attached hydrogen (secondary N) is 1. The van der Waals surface area contributed by atoms with E-state index >= 15 is 0 Å². The predicted molar refractivity (Wildman–Crippen MR) is 119 cm³/mol. The third kappa shape index (κ3) is 4.55. The van der Waals surface area contributed by atoms with Gasteiger partial charge in [-0.15, -0.1) is 0 Å². The van der Waals surface area contributed by atoms with E-state index in [1.54, 1.807) is 6.07 Å². The minimum atomic E-state index is -0.232. The van der Waals surface area contributed by atoms with Crippen molar-refractivity contribution in [3.63, 3.8) is 0 Å². The van der Waals surface area contributed by atoms with Crippen molar-refractivity contribution in [3.05, 3.63) is 64.2 Å². The molecule has 2 aromatic carbocycles. The Hall–Kier alpha value is -3.35. The topological polar surface area (TPSA) is 82.5 Å². The average Bonchev–Trinajstić information content (AvgIpc) is 3.06. The van der Waals surface area contributed by atoms with Gasteiger partial charge in [0.2, 0.25) is 5.91 Å². The van der Waals surface area contributed by atoms with Gasteiger partial charge in [0.05, 0.1) is 23.8 Å². The second-order valence-electron chi connectivity index (χ2n) is 8.45. The first-order valence-electron chi connectivity index (χ1n) is 10.5. The molecule has 1 aliphatic heterocycles. The van der Waals surface area contributed by atoms with E-state index in [1.165, 1.54) is 10.9 Å². The fourth-order valence-electron chi connectivity index (χ4n) is 3.86. The van der Waals surface area contributed by atoms with Gasteiger partial charge in [-0.2, -0.15) is 0 Å². The lowest BCUT2D eigenvalue weighted by atomic mass is 10.0. The molecule has 1 aromatic heterocycles. The summed E-state index contributed by atoms with van der Waals surface area (Å²) >= 11 is 0. The first-order chi connectivity index (χ1) is 14.8. The highest BCUT2D eigenvalue weighted by atomic mass is 16.5. The molecule has 0 unspecified atom stereocenters. The van der Waals surface area contributed by atoms with Crippen molar-refractivity contribution in [3.8, 4) is 11.5 Å². The fourth-order valence-corrected chi connectivity index (χ4v) is 3.86. The van der Waals surface area contributed by atoms with Crippen molar-refractivity contribution in [2.45, 2.75) is 45.8 Å². The van der Waals surface area contributed by atoms with Crippen LogP contribution in [-0.2, 0) is 17.8 Å². The summed E-state index contributed by atoms with van der Waals surface area (Å²) in [7, 11) is 0. The Morgan fingerprint density at radius 3 is 2.90 bits per heavy atom. The molecule has 0 atom stereocenters. The van der Waals surface area contributed by atoms with Crippen LogP contribution in [0.5, 0.6) is 11.5 Å². The molecule has 0 spiro atoms. The van der Waals surface area contributed by atoms with Crippen molar-refractivity contribution in [1.82, 2.24) is 14.9 Å². The Labute approximate surface area is 181 Å². The molecule has 1 N–H and O–H groups in total. The molecule has 0 fully saturated rings. The summed E-state index contributed by atoms with van der Waals surface area (Å²) in [4.78, 5) is 29.2. The number of fused-ring (bicyclic) bond motifs is 2. The van der Waals surface area contributed by atoms with Gasteiger partial charge in [-0.05, 0) is 38.5 Å². The molecular weight excluding hydrogens is 394 g/mol. The van der Waals surface area contributed by atoms with Gasteiger partial charge in [0, 0.05) is 24.9 Å². The minimum Gasteiger partial charge on any atom is -0.488 e. The summed E-state index contributed by atoms with van der Waals surface area (Å²) in [5.41, 5.74) is 2.43. The van der Waals surface area contributed by atoms with Crippen LogP contribution in [0.25, 0.3) is 10.9 Å². The molecule has 0 saturated heterocycles. The number of aromatic nitrogens is 2. The number of nitrogens with zero attached hydrogens (tertiary/aromatic N) is 2. The van der Waals surface area contributed by atoms with Crippen LogP contribution in [0.4, 0.5) is 0 Å². The number of carbonyl (C=O) groups is 1. The van der Waals surface area contributed by atoms with Gasteiger partial charge >= 0.3 is 0 Å². The zero-order valence-electron chi connectivity index (χ0n) is 18.1. The Kier molecular flexibility index (Phi) is 5.67. The minimum absolute atomic E-state index is 0.134. The van der Waals surface area contributed by atoms with E-state index < -0.39 is 0 Å². The molecule has 2 heterocycles. The van der Waals surface area contributed by atoms with Crippen molar-refractivity contribution in [2.75, 3.05) is 13.2 Å². The highest BCUT2D eigenvalue weighted by Crippen LogP contribution is 2.41. The van der Waals surface area contributed by atoms with E-state index in [0.717, 1.165) is 23.3 Å². The maximum Gasteiger partial charge on any atom is 0.261 e. The molecule has 7 heteroatoms. The van der Waals surface area contributed by atoms with Crippen molar-refractivity contribution >= 4 is 16.8 Å². The van der Waals surface area contributed by atoms with Crippen molar-refractivity contribution < 1.29 is 14.3 Å². The molecule has 0 bridgehead atoms. The zero-order chi connectivity index (χ0) is 22.0. The van der Waals surface area contributed by atoms with Gasteiger partial charge in [-0.3, -0.25) is 14.2 Å². The smallest absolute Gasteiger partial charge is 0.261 e. The molecule has 1 aliphatic rings. The van der Waals surface area contributed by atoms with E-state index in [1.807, 2.05) is 37.3 Å². The third-order valence-corrected chi connectivity index (χ3v) is 5.37. The number of carbonyl (C=O) groups excluding carboxylic acids is 1. The molecule has 4 rings (SSSR count). The van der Waals surface area contributed by atoms with E-state index in [2.05, 4.69) is 24.1 Å². The van der Waals surface area contributed by atoms with Crippen molar-refractivity contribution in [2.24, 2.45) is 0 Å². The summed E-state index contributed by atoms with van der Waals surface area (Å²) < 4.78 is 13.3. The average molecular weight is 421 g/mol. The largest absolute Gasteiger partial charge is 0.488 e. The molecule has 3 aromatic rings. The van der Waals surface area contributed by atoms with E-state index in [-0.39, 0.29) is 30.0 Å². The molecule has 1 amide bonds. The van der Waals surface area contributed by atoms with Crippen LogP contribution in [0, 0.1) is 6.92 Å². The summed E-state index contributed by atoms with van der Waals surface area (Å²) in [6.45, 7) is 7.00. The van der Waals surface area contributed by atoms with Crippen LogP contribution in [0.3, 0.4) is 0 Å². The van der Waals surface area contributed by atoms with Gasteiger partial charge < -0.3 is 14.8 Å². The molecule has 162 valence electrons. The molecule has 0 saturated carbocycles. The predicted octanol–water partition coefficient (Wildman–Crippen LogP) is 3.00. The number of hydrogen-bond donors (Lipinski definition) is 1. The lowest BCUT2D eigenvalue weighted by Crippen LogP contribution is -2.30. The number of amides is 1. The number of ether oxygens (including phenoxy) is 2. The Bertz CT molecular complexity index is 1180. The Morgan fingerprint density at radius 2 is 2.06 bits per heavy atom. The quantitative estimate of drug-likeness (QED) is 0.593. The first-order valence-corrected chi connectivity index (χ1v) is 10.5. The van der Waals surface area contributed by atoms with Crippen LogP contribution in [0.2, 0.25) is 0 Å². The molecule has 7 nitrogen and oxygen atoms in total. The normalized spacial score (nSPS) is 14.2. The van der Waals surface area contributed by atoms with E-state index in [9.17, 15) is 9.59 Å². The second-order valence-corrected chi connectivity index (χ2v) is 8.45. The van der Waals surface area contributed by atoms with Gasteiger partial charge in [0.1, 0.15) is 12.2 Å². The number of aryl methyl sites for hydroxylation is 2.